The van der Waals surface area contributed by atoms with Crippen LogP contribution in [0.25, 0.3) is 0 Å². The minimum atomic E-state index is 0.0212. The van der Waals surface area contributed by atoms with E-state index in [1.807, 2.05) is 36.4 Å². The van der Waals surface area contributed by atoms with E-state index in [1.54, 1.807) is 12.0 Å². The predicted molar refractivity (Wildman–Crippen MR) is 117 cm³/mol. The Morgan fingerprint density at radius 2 is 1.67 bits per heavy atom. The summed E-state index contributed by atoms with van der Waals surface area (Å²) in [5.74, 6) is 1.05. The number of amides is 2. The van der Waals surface area contributed by atoms with Crippen LogP contribution in [0.2, 0.25) is 0 Å². The zero-order valence-electron chi connectivity index (χ0n) is 17.4. The molecule has 0 unspecified atom stereocenters. The molecule has 2 saturated heterocycles. The van der Waals surface area contributed by atoms with Crippen LogP contribution in [0.5, 0.6) is 5.75 Å². The van der Waals surface area contributed by atoms with Crippen molar-refractivity contribution in [2.75, 3.05) is 61.5 Å². The van der Waals surface area contributed by atoms with E-state index in [0.29, 0.717) is 13.0 Å². The molecular weight excluding hydrogens is 380 g/mol. The first-order valence-electron chi connectivity index (χ1n) is 10.6. The van der Waals surface area contributed by atoms with Gasteiger partial charge in [-0.15, -0.1) is 0 Å². The number of nitrogens with one attached hydrogen (secondary N) is 2. The van der Waals surface area contributed by atoms with E-state index < -0.39 is 0 Å². The lowest BCUT2D eigenvalue weighted by atomic mass is 10.2. The van der Waals surface area contributed by atoms with Gasteiger partial charge in [-0.2, -0.15) is 0 Å². The van der Waals surface area contributed by atoms with Gasteiger partial charge in [-0.3, -0.25) is 9.59 Å². The topological polar surface area (TPSA) is 66.3 Å². The molecule has 2 N–H and O–H groups in total. The second-order valence-corrected chi connectivity index (χ2v) is 7.86. The fourth-order valence-electron chi connectivity index (χ4n) is 4.13. The molecule has 0 aliphatic carbocycles. The molecule has 0 atom stereocenters. The number of ether oxygens (including phenoxy) is 1. The van der Waals surface area contributed by atoms with Crippen molar-refractivity contribution < 1.29 is 19.2 Å². The minimum Gasteiger partial charge on any atom is -0.497 e. The first kappa shape index (κ1) is 20.2. The molecule has 0 aromatic heterocycles. The fraction of sp³-hybridized carbons (Fsp3) is 0.391. The number of carbonyl (C=O) groups excluding carboxylic acids is 2. The maximum absolute atomic E-state index is 12.5. The van der Waals surface area contributed by atoms with Crippen LogP contribution < -0.4 is 24.8 Å². The molecule has 0 saturated carbocycles. The van der Waals surface area contributed by atoms with E-state index in [9.17, 15) is 9.59 Å². The van der Waals surface area contributed by atoms with E-state index in [2.05, 4.69) is 22.3 Å². The smallest absolute Gasteiger partial charge is 0.279 e. The summed E-state index contributed by atoms with van der Waals surface area (Å²) >= 11 is 0. The number of rotatable bonds is 6. The van der Waals surface area contributed by atoms with Gasteiger partial charge in [-0.25, -0.2) is 0 Å². The average Bonchev–Trinajstić information content (AvgIpc) is 3.21. The Morgan fingerprint density at radius 3 is 2.27 bits per heavy atom. The predicted octanol–water partition coefficient (Wildman–Crippen LogP) is 1.17. The third kappa shape index (κ3) is 4.74. The number of piperazine rings is 1. The summed E-state index contributed by atoms with van der Waals surface area (Å²) in [6.45, 7) is 4.94. The molecule has 0 radical (unpaired) electrons. The molecule has 30 heavy (non-hydrogen) atoms. The quantitative estimate of drug-likeness (QED) is 0.752. The normalized spacial score (nSPS) is 17.3. The first-order valence-corrected chi connectivity index (χ1v) is 10.6. The van der Waals surface area contributed by atoms with Crippen LogP contribution in [0.3, 0.4) is 0 Å². The Bertz CT molecular complexity index is 874. The molecule has 158 valence electrons. The van der Waals surface area contributed by atoms with E-state index in [1.165, 1.54) is 10.6 Å². The third-order valence-electron chi connectivity index (χ3n) is 5.85. The molecule has 2 heterocycles. The van der Waals surface area contributed by atoms with Crippen molar-refractivity contribution in [3.8, 4) is 5.75 Å². The molecule has 7 heteroatoms. The van der Waals surface area contributed by atoms with Crippen molar-refractivity contribution >= 4 is 28.9 Å². The highest BCUT2D eigenvalue weighted by molar-refractivity contribution is 5.96. The number of hydrogen-bond acceptors (Lipinski definition) is 4. The molecule has 0 bridgehead atoms. The van der Waals surface area contributed by atoms with Gasteiger partial charge in [0.2, 0.25) is 5.91 Å². The number of quaternary nitrogens is 1. The standard InChI is InChI=1S/C23H28N4O3/c1-30-21-10-8-19(9-11-21)26-15-13-25(14-16-26)17-22(28)24-18-4-6-20(7-5-18)27-12-2-3-23(27)29/h4-11H,2-3,12-17H2,1H3,(H,24,28)/p+1. The molecule has 2 amide bonds. The Balaban J connectivity index is 1.24. The highest BCUT2D eigenvalue weighted by Crippen LogP contribution is 2.23. The lowest BCUT2D eigenvalue weighted by Gasteiger charge is -2.33. The minimum absolute atomic E-state index is 0.0212. The lowest BCUT2D eigenvalue weighted by molar-refractivity contribution is -0.892. The largest absolute Gasteiger partial charge is 0.497 e. The van der Waals surface area contributed by atoms with E-state index in [-0.39, 0.29) is 11.8 Å². The molecule has 0 spiro atoms. The maximum Gasteiger partial charge on any atom is 0.279 e. The number of methoxy groups -OCH3 is 1. The zero-order chi connectivity index (χ0) is 20.9. The van der Waals surface area contributed by atoms with Gasteiger partial charge in [-0.05, 0) is 55.0 Å². The number of hydrogen-bond donors (Lipinski definition) is 2. The van der Waals surface area contributed by atoms with Gasteiger partial charge in [-0.1, -0.05) is 0 Å². The average molecular weight is 410 g/mol. The van der Waals surface area contributed by atoms with Gasteiger partial charge < -0.3 is 24.8 Å². The lowest BCUT2D eigenvalue weighted by Crippen LogP contribution is -3.15. The molecule has 2 aliphatic rings. The van der Waals surface area contributed by atoms with Gasteiger partial charge in [0.1, 0.15) is 5.75 Å². The maximum atomic E-state index is 12.5. The van der Waals surface area contributed by atoms with Gasteiger partial charge in [0, 0.05) is 30.0 Å². The summed E-state index contributed by atoms with van der Waals surface area (Å²) in [5, 5.41) is 2.98. The molecule has 4 rings (SSSR count). The van der Waals surface area contributed by atoms with Crippen molar-refractivity contribution in [3.05, 3.63) is 48.5 Å². The second kappa shape index (κ2) is 9.17. The number of carbonyl (C=O) groups is 2. The van der Waals surface area contributed by atoms with Crippen molar-refractivity contribution in [3.63, 3.8) is 0 Å². The van der Waals surface area contributed by atoms with Crippen LogP contribution >= 0.6 is 0 Å². The highest BCUT2D eigenvalue weighted by atomic mass is 16.5. The van der Waals surface area contributed by atoms with Crippen LogP contribution in [-0.2, 0) is 9.59 Å². The third-order valence-corrected chi connectivity index (χ3v) is 5.85. The van der Waals surface area contributed by atoms with Crippen molar-refractivity contribution in [1.82, 2.24) is 0 Å². The second-order valence-electron chi connectivity index (χ2n) is 7.86. The molecule has 2 fully saturated rings. The van der Waals surface area contributed by atoms with Gasteiger partial charge >= 0.3 is 0 Å². The Kier molecular flexibility index (Phi) is 6.18. The van der Waals surface area contributed by atoms with Crippen LogP contribution in [0, 0.1) is 0 Å². The van der Waals surface area contributed by atoms with Crippen LogP contribution in [0.15, 0.2) is 48.5 Å². The summed E-state index contributed by atoms with van der Waals surface area (Å²) in [4.78, 5) is 29.8. The van der Waals surface area contributed by atoms with Crippen molar-refractivity contribution in [2.24, 2.45) is 0 Å². The van der Waals surface area contributed by atoms with Crippen molar-refractivity contribution in [2.45, 2.75) is 12.8 Å². The fourth-order valence-corrected chi connectivity index (χ4v) is 4.13. The van der Waals surface area contributed by atoms with Gasteiger partial charge in [0.15, 0.2) is 6.54 Å². The molecule has 7 nitrogen and oxygen atoms in total. The summed E-state index contributed by atoms with van der Waals surface area (Å²) in [6.07, 6.45) is 1.53. The summed E-state index contributed by atoms with van der Waals surface area (Å²) in [7, 11) is 1.67. The Morgan fingerprint density at radius 1 is 1.00 bits per heavy atom. The Labute approximate surface area is 177 Å². The van der Waals surface area contributed by atoms with Gasteiger partial charge in [0.25, 0.3) is 5.91 Å². The van der Waals surface area contributed by atoms with Gasteiger partial charge in [0.05, 0.1) is 33.3 Å². The Hall–Kier alpha value is -3.06. The van der Waals surface area contributed by atoms with Crippen LogP contribution in [-0.4, -0.2) is 58.2 Å². The van der Waals surface area contributed by atoms with Crippen LogP contribution in [0.1, 0.15) is 12.8 Å². The summed E-state index contributed by atoms with van der Waals surface area (Å²) < 4.78 is 5.22. The van der Waals surface area contributed by atoms with E-state index >= 15 is 0 Å². The zero-order valence-corrected chi connectivity index (χ0v) is 17.4. The number of benzene rings is 2. The summed E-state index contributed by atoms with van der Waals surface area (Å²) in [5.41, 5.74) is 2.86. The molecule has 2 aliphatic heterocycles. The van der Waals surface area contributed by atoms with Crippen LogP contribution in [0.4, 0.5) is 17.1 Å². The monoisotopic (exact) mass is 409 g/mol. The van der Waals surface area contributed by atoms with E-state index in [0.717, 1.165) is 56.3 Å². The van der Waals surface area contributed by atoms with Crippen molar-refractivity contribution in [1.29, 1.82) is 0 Å². The highest BCUT2D eigenvalue weighted by Gasteiger charge is 2.23. The SMILES string of the molecule is COc1ccc(N2CC[NH+](CC(=O)Nc3ccc(N4CCCC4=O)cc3)CC2)cc1. The number of nitrogens with zero attached hydrogens (tertiary/aromatic N) is 2. The summed E-state index contributed by atoms with van der Waals surface area (Å²) in [6, 6.07) is 15.7. The number of anilines is 3. The molecule has 2 aromatic carbocycles. The molecule has 2 aromatic rings. The van der Waals surface area contributed by atoms with E-state index in [4.69, 9.17) is 4.74 Å². The first-order chi connectivity index (χ1) is 14.6. The molecular formula is C23H29N4O3+.